The molecule has 0 fully saturated rings. The van der Waals surface area contributed by atoms with Gasteiger partial charge in [-0.2, -0.15) is 5.48 Å². The largest absolute Gasteiger partial charge is 0.316 e. The van der Waals surface area contributed by atoms with Gasteiger partial charge in [0.05, 0.1) is 6.04 Å². The molecule has 66 valence electrons. The molecule has 0 spiro atoms. The van der Waals surface area contributed by atoms with Crippen molar-refractivity contribution in [2.75, 3.05) is 0 Å². The van der Waals surface area contributed by atoms with Crippen molar-refractivity contribution in [3.05, 3.63) is 34.3 Å². The van der Waals surface area contributed by atoms with E-state index < -0.39 is 0 Å². The van der Waals surface area contributed by atoms with E-state index in [9.17, 15) is 0 Å². The molecular weight excluding hydrogens is 218 g/mol. The zero-order valence-corrected chi connectivity index (χ0v) is 8.51. The molecule has 0 unspecified atom stereocenters. The third kappa shape index (κ3) is 2.06. The normalized spacial score (nSPS) is 12.9. The van der Waals surface area contributed by atoms with Crippen LogP contribution in [0.25, 0.3) is 0 Å². The van der Waals surface area contributed by atoms with E-state index in [1.807, 2.05) is 31.2 Å². The highest BCUT2D eigenvalue weighted by molar-refractivity contribution is 9.10. The lowest BCUT2D eigenvalue weighted by atomic mass is 10.1. The van der Waals surface area contributed by atoms with Gasteiger partial charge in [0.2, 0.25) is 0 Å². The minimum atomic E-state index is 0.0144. The summed E-state index contributed by atoms with van der Waals surface area (Å²) in [7, 11) is 0. The van der Waals surface area contributed by atoms with Gasteiger partial charge in [0.15, 0.2) is 0 Å². The molecule has 0 aromatic heterocycles. The van der Waals surface area contributed by atoms with Gasteiger partial charge in [-0.3, -0.25) is 0 Å². The van der Waals surface area contributed by atoms with Gasteiger partial charge in [-0.25, -0.2) is 0 Å². The Balaban J connectivity index is 2.92. The van der Waals surface area contributed by atoms with Crippen LogP contribution in [0, 0.1) is 0 Å². The Kier molecular flexibility index (Phi) is 3.72. The maximum atomic E-state index is 8.83. The molecule has 1 rings (SSSR count). The fraction of sp³-hybridized carbons (Fsp3) is 0.333. The number of hydroxylamine groups is 1. The Labute approximate surface area is 80.7 Å². The first-order chi connectivity index (χ1) is 5.79. The van der Waals surface area contributed by atoms with Crippen molar-refractivity contribution in [1.82, 2.24) is 5.48 Å². The Hall–Kier alpha value is -0.380. The van der Waals surface area contributed by atoms with Crippen LogP contribution >= 0.6 is 15.9 Å². The van der Waals surface area contributed by atoms with Crippen molar-refractivity contribution >= 4 is 15.9 Å². The van der Waals surface area contributed by atoms with Crippen LogP contribution in [0.1, 0.15) is 24.9 Å². The first-order valence-electron chi connectivity index (χ1n) is 3.93. The fourth-order valence-electron chi connectivity index (χ4n) is 1.14. The predicted molar refractivity (Wildman–Crippen MR) is 52.1 cm³/mol. The van der Waals surface area contributed by atoms with Gasteiger partial charge in [0, 0.05) is 4.47 Å². The van der Waals surface area contributed by atoms with Gasteiger partial charge < -0.3 is 5.21 Å². The molecule has 0 saturated heterocycles. The van der Waals surface area contributed by atoms with Crippen molar-refractivity contribution in [3.8, 4) is 0 Å². The highest BCUT2D eigenvalue weighted by atomic mass is 79.9. The molecule has 0 saturated carbocycles. The monoisotopic (exact) mass is 229 g/mol. The predicted octanol–water partition coefficient (Wildman–Crippen LogP) is 2.88. The molecule has 0 bridgehead atoms. The second-order valence-corrected chi connectivity index (χ2v) is 3.47. The van der Waals surface area contributed by atoms with E-state index in [1.165, 1.54) is 0 Å². The van der Waals surface area contributed by atoms with Crippen LogP contribution in [-0.4, -0.2) is 5.21 Å². The summed E-state index contributed by atoms with van der Waals surface area (Å²) in [6.45, 7) is 2.02. The fourth-order valence-corrected chi connectivity index (χ4v) is 1.70. The summed E-state index contributed by atoms with van der Waals surface area (Å²) in [6, 6.07) is 7.88. The number of nitrogens with one attached hydrogen (secondary N) is 1. The van der Waals surface area contributed by atoms with Crippen molar-refractivity contribution < 1.29 is 5.21 Å². The van der Waals surface area contributed by atoms with Crippen molar-refractivity contribution in [3.63, 3.8) is 0 Å². The Morgan fingerprint density at radius 3 is 2.67 bits per heavy atom. The lowest BCUT2D eigenvalue weighted by Gasteiger charge is -2.14. The second kappa shape index (κ2) is 4.60. The van der Waals surface area contributed by atoms with Crippen molar-refractivity contribution in [1.29, 1.82) is 0 Å². The van der Waals surface area contributed by atoms with Crippen LogP contribution in [0.3, 0.4) is 0 Å². The smallest absolute Gasteiger partial charge is 0.0577 e. The third-order valence-corrected chi connectivity index (χ3v) is 2.57. The standard InChI is InChI=1S/C9H12BrNO/c1-2-9(11-12)7-5-3-4-6-8(7)10/h3-6,9,11-12H,2H2,1H3/t9-/m0/s1. The zero-order chi connectivity index (χ0) is 8.97. The molecule has 2 N–H and O–H groups in total. The topological polar surface area (TPSA) is 32.3 Å². The summed E-state index contributed by atoms with van der Waals surface area (Å²) in [4.78, 5) is 0. The summed E-state index contributed by atoms with van der Waals surface area (Å²) < 4.78 is 1.03. The van der Waals surface area contributed by atoms with Gasteiger partial charge >= 0.3 is 0 Å². The van der Waals surface area contributed by atoms with E-state index in [1.54, 1.807) is 0 Å². The first-order valence-corrected chi connectivity index (χ1v) is 4.73. The van der Waals surface area contributed by atoms with Crippen LogP contribution < -0.4 is 5.48 Å². The van der Waals surface area contributed by atoms with E-state index in [2.05, 4.69) is 21.4 Å². The minimum Gasteiger partial charge on any atom is -0.316 e. The van der Waals surface area contributed by atoms with Crippen molar-refractivity contribution in [2.24, 2.45) is 0 Å². The average Bonchev–Trinajstić information content (AvgIpc) is 2.10. The van der Waals surface area contributed by atoms with Gasteiger partial charge in [-0.05, 0) is 18.1 Å². The second-order valence-electron chi connectivity index (χ2n) is 2.61. The molecular formula is C9H12BrNO. The third-order valence-electron chi connectivity index (χ3n) is 1.84. The lowest BCUT2D eigenvalue weighted by molar-refractivity contribution is 0.124. The zero-order valence-electron chi connectivity index (χ0n) is 6.92. The molecule has 1 atom stereocenters. The lowest BCUT2D eigenvalue weighted by Crippen LogP contribution is -2.16. The highest BCUT2D eigenvalue weighted by Gasteiger charge is 2.09. The van der Waals surface area contributed by atoms with Crippen LogP contribution in [0.15, 0.2) is 28.7 Å². The number of hydrogen-bond acceptors (Lipinski definition) is 2. The van der Waals surface area contributed by atoms with E-state index in [4.69, 9.17) is 5.21 Å². The minimum absolute atomic E-state index is 0.0144. The molecule has 0 aliphatic heterocycles. The number of halogens is 1. The molecule has 12 heavy (non-hydrogen) atoms. The van der Waals surface area contributed by atoms with Crippen molar-refractivity contribution in [2.45, 2.75) is 19.4 Å². The maximum absolute atomic E-state index is 8.83. The summed E-state index contributed by atoms with van der Waals surface area (Å²) in [5.41, 5.74) is 3.36. The molecule has 2 nitrogen and oxygen atoms in total. The summed E-state index contributed by atoms with van der Waals surface area (Å²) in [6.07, 6.45) is 0.860. The Bertz CT molecular complexity index is 248. The summed E-state index contributed by atoms with van der Waals surface area (Å²) in [5.74, 6) is 0. The molecule has 1 aromatic carbocycles. The quantitative estimate of drug-likeness (QED) is 0.782. The molecule has 0 radical (unpaired) electrons. The molecule has 0 amide bonds. The first kappa shape index (κ1) is 9.71. The number of rotatable bonds is 3. The Morgan fingerprint density at radius 2 is 2.17 bits per heavy atom. The van der Waals surface area contributed by atoms with Crippen LogP contribution in [0.5, 0.6) is 0 Å². The highest BCUT2D eigenvalue weighted by Crippen LogP contribution is 2.24. The summed E-state index contributed by atoms with van der Waals surface area (Å²) in [5, 5.41) is 8.83. The molecule has 0 aliphatic rings. The van der Waals surface area contributed by atoms with Crippen LogP contribution in [0.2, 0.25) is 0 Å². The van der Waals surface area contributed by atoms with Crippen LogP contribution in [-0.2, 0) is 0 Å². The molecule has 1 aromatic rings. The van der Waals surface area contributed by atoms with E-state index in [-0.39, 0.29) is 6.04 Å². The number of hydrogen-bond donors (Lipinski definition) is 2. The Morgan fingerprint density at radius 1 is 1.50 bits per heavy atom. The molecule has 0 aliphatic carbocycles. The molecule has 3 heteroatoms. The van der Waals surface area contributed by atoms with Gasteiger partial charge in [-0.15, -0.1) is 0 Å². The van der Waals surface area contributed by atoms with Gasteiger partial charge in [0.25, 0.3) is 0 Å². The van der Waals surface area contributed by atoms with E-state index in [0.29, 0.717) is 0 Å². The SMILES string of the molecule is CC[C@H](NO)c1ccccc1Br. The average molecular weight is 230 g/mol. The van der Waals surface area contributed by atoms with E-state index in [0.717, 1.165) is 16.5 Å². The van der Waals surface area contributed by atoms with Gasteiger partial charge in [-0.1, -0.05) is 41.1 Å². The number of benzene rings is 1. The van der Waals surface area contributed by atoms with Crippen LogP contribution in [0.4, 0.5) is 0 Å². The molecule has 0 heterocycles. The van der Waals surface area contributed by atoms with E-state index >= 15 is 0 Å². The maximum Gasteiger partial charge on any atom is 0.0577 e. The van der Waals surface area contributed by atoms with Gasteiger partial charge in [0.1, 0.15) is 0 Å². The summed E-state index contributed by atoms with van der Waals surface area (Å²) >= 11 is 3.43.